The van der Waals surface area contributed by atoms with Gasteiger partial charge >= 0.3 is 11.8 Å². The molecule has 10 heteroatoms. The smallest absolute Gasteiger partial charge is 0.404 e. The predicted octanol–water partition coefficient (Wildman–Crippen LogP) is 2.28. The summed E-state index contributed by atoms with van der Waals surface area (Å²) in [5.74, 6) is 0.413. The van der Waals surface area contributed by atoms with E-state index in [0.29, 0.717) is 12.5 Å². The van der Waals surface area contributed by atoms with Crippen LogP contribution in [0.3, 0.4) is 0 Å². The number of hydrogen-bond acceptors (Lipinski definition) is 6. The molecule has 2 rings (SSSR count). The number of rotatable bonds is 5. The Balaban J connectivity index is 1.88. The molecule has 0 radical (unpaired) electrons. The molecule has 1 amide bonds. The zero-order chi connectivity index (χ0) is 16.1. The predicted molar refractivity (Wildman–Crippen MR) is 79.1 cm³/mol. The maximum Gasteiger partial charge on any atom is 0.404 e. The van der Waals surface area contributed by atoms with Crippen molar-refractivity contribution in [3.05, 3.63) is 21.6 Å². The Morgan fingerprint density at radius 2 is 2.14 bits per heavy atom. The summed E-state index contributed by atoms with van der Waals surface area (Å²) in [6, 6.07) is -0.0171. The standard InChI is InChI=1S/C12H16ClN5O4/c13-11-15-6-9(18(21)22)10(17-11)14-5-7-1-3-8(4-2-7)16-12(19)20/h6-8,16H,1-5H2,(H,19,20)(H,14,15,17). The molecule has 0 aliphatic heterocycles. The minimum absolute atomic E-state index is 0.0171. The van der Waals surface area contributed by atoms with Crippen molar-refractivity contribution < 1.29 is 14.8 Å². The van der Waals surface area contributed by atoms with Gasteiger partial charge in [-0.25, -0.2) is 9.78 Å². The molecule has 0 unspecified atom stereocenters. The van der Waals surface area contributed by atoms with Crippen molar-refractivity contribution in [3.8, 4) is 0 Å². The lowest BCUT2D eigenvalue weighted by Crippen LogP contribution is -2.37. The second kappa shape index (κ2) is 7.21. The normalized spacial score (nSPS) is 21.1. The van der Waals surface area contributed by atoms with Crippen LogP contribution in [0, 0.1) is 16.0 Å². The van der Waals surface area contributed by atoms with Crippen LogP contribution in [0.15, 0.2) is 6.20 Å². The largest absolute Gasteiger partial charge is 0.465 e. The van der Waals surface area contributed by atoms with Crippen LogP contribution in [0.4, 0.5) is 16.3 Å². The number of anilines is 1. The van der Waals surface area contributed by atoms with Gasteiger partial charge in [-0.15, -0.1) is 0 Å². The summed E-state index contributed by atoms with van der Waals surface area (Å²) in [6.07, 6.45) is 3.25. The van der Waals surface area contributed by atoms with Crippen LogP contribution in [0.25, 0.3) is 0 Å². The van der Waals surface area contributed by atoms with E-state index in [-0.39, 0.29) is 22.8 Å². The zero-order valence-electron chi connectivity index (χ0n) is 11.7. The molecular weight excluding hydrogens is 314 g/mol. The minimum atomic E-state index is -1.01. The number of hydrogen-bond donors (Lipinski definition) is 3. The Morgan fingerprint density at radius 3 is 2.73 bits per heavy atom. The molecule has 1 heterocycles. The van der Waals surface area contributed by atoms with Gasteiger partial charge in [-0.3, -0.25) is 10.1 Å². The van der Waals surface area contributed by atoms with Crippen LogP contribution in [0.1, 0.15) is 25.7 Å². The zero-order valence-corrected chi connectivity index (χ0v) is 12.4. The molecule has 0 spiro atoms. The summed E-state index contributed by atoms with van der Waals surface area (Å²) in [4.78, 5) is 28.4. The maximum absolute atomic E-state index is 10.9. The molecule has 0 bridgehead atoms. The molecule has 1 aliphatic carbocycles. The Hall–Kier alpha value is -2.16. The topological polar surface area (TPSA) is 130 Å². The lowest BCUT2D eigenvalue weighted by atomic mass is 9.86. The van der Waals surface area contributed by atoms with Gasteiger partial charge in [0.2, 0.25) is 11.1 Å². The Kier molecular flexibility index (Phi) is 5.31. The first-order valence-electron chi connectivity index (χ1n) is 6.86. The number of nitro groups is 1. The quantitative estimate of drug-likeness (QED) is 0.429. The SMILES string of the molecule is O=C(O)NC1CCC(CNc2nc(Cl)ncc2[N+](=O)[O-])CC1. The lowest BCUT2D eigenvalue weighted by molar-refractivity contribution is -0.384. The van der Waals surface area contributed by atoms with Gasteiger partial charge in [0.1, 0.15) is 6.20 Å². The highest BCUT2D eigenvalue weighted by molar-refractivity contribution is 6.28. The Bertz CT molecular complexity index is 562. The summed E-state index contributed by atoms with van der Waals surface area (Å²) in [5, 5.41) is 25.0. The van der Waals surface area contributed by atoms with Gasteiger partial charge in [0.15, 0.2) is 0 Å². The molecule has 1 aliphatic rings. The highest BCUT2D eigenvalue weighted by Gasteiger charge is 2.23. The fraction of sp³-hybridized carbons (Fsp3) is 0.583. The summed E-state index contributed by atoms with van der Waals surface area (Å²) < 4.78 is 0. The van der Waals surface area contributed by atoms with Crippen molar-refractivity contribution in [1.82, 2.24) is 15.3 Å². The van der Waals surface area contributed by atoms with E-state index in [0.717, 1.165) is 31.9 Å². The Morgan fingerprint density at radius 1 is 1.45 bits per heavy atom. The first-order valence-corrected chi connectivity index (χ1v) is 7.23. The van der Waals surface area contributed by atoms with Crippen molar-refractivity contribution >= 4 is 29.2 Å². The van der Waals surface area contributed by atoms with Crippen LogP contribution < -0.4 is 10.6 Å². The molecule has 120 valence electrons. The summed E-state index contributed by atoms with van der Waals surface area (Å²) >= 11 is 5.66. The van der Waals surface area contributed by atoms with E-state index in [2.05, 4.69) is 20.6 Å². The highest BCUT2D eigenvalue weighted by atomic mass is 35.5. The second-order valence-electron chi connectivity index (χ2n) is 5.18. The minimum Gasteiger partial charge on any atom is -0.465 e. The number of carboxylic acid groups (broad SMARTS) is 1. The average molecular weight is 330 g/mol. The second-order valence-corrected chi connectivity index (χ2v) is 5.52. The first-order chi connectivity index (χ1) is 10.5. The molecule has 0 atom stereocenters. The molecule has 1 saturated carbocycles. The van der Waals surface area contributed by atoms with Gasteiger partial charge < -0.3 is 15.7 Å². The van der Waals surface area contributed by atoms with Crippen LogP contribution >= 0.6 is 11.6 Å². The highest BCUT2D eigenvalue weighted by Crippen LogP contribution is 2.27. The van der Waals surface area contributed by atoms with E-state index in [9.17, 15) is 14.9 Å². The number of amides is 1. The number of nitrogens with zero attached hydrogens (tertiary/aromatic N) is 3. The fourth-order valence-corrected chi connectivity index (χ4v) is 2.68. The molecule has 0 saturated heterocycles. The summed E-state index contributed by atoms with van der Waals surface area (Å²) in [6.45, 7) is 0.522. The summed E-state index contributed by atoms with van der Waals surface area (Å²) in [5.41, 5.74) is -0.217. The third kappa shape index (κ3) is 4.42. The van der Waals surface area contributed by atoms with Gasteiger partial charge in [-0.2, -0.15) is 4.98 Å². The molecule has 1 aromatic heterocycles. The van der Waals surface area contributed by atoms with Crippen LogP contribution in [-0.4, -0.2) is 38.7 Å². The van der Waals surface area contributed by atoms with E-state index in [1.54, 1.807) is 0 Å². The molecule has 9 nitrogen and oxygen atoms in total. The van der Waals surface area contributed by atoms with Crippen molar-refractivity contribution in [1.29, 1.82) is 0 Å². The Labute approximate surface area is 131 Å². The number of aromatic nitrogens is 2. The van der Waals surface area contributed by atoms with E-state index >= 15 is 0 Å². The molecular formula is C12H16ClN5O4. The van der Waals surface area contributed by atoms with Crippen molar-refractivity contribution in [2.75, 3.05) is 11.9 Å². The average Bonchev–Trinajstić information content (AvgIpc) is 2.45. The van der Waals surface area contributed by atoms with Gasteiger partial charge in [-0.1, -0.05) is 0 Å². The third-order valence-electron chi connectivity index (χ3n) is 3.67. The van der Waals surface area contributed by atoms with Crippen molar-refractivity contribution in [2.24, 2.45) is 5.92 Å². The number of carbonyl (C=O) groups is 1. The summed E-state index contributed by atoms with van der Waals surface area (Å²) in [7, 11) is 0. The van der Waals surface area contributed by atoms with Crippen molar-refractivity contribution in [3.63, 3.8) is 0 Å². The van der Waals surface area contributed by atoms with Gasteiger partial charge in [0.25, 0.3) is 0 Å². The fourth-order valence-electron chi connectivity index (χ4n) is 2.54. The maximum atomic E-state index is 10.9. The lowest BCUT2D eigenvalue weighted by Gasteiger charge is -2.28. The molecule has 1 aromatic rings. The van der Waals surface area contributed by atoms with Crippen molar-refractivity contribution in [2.45, 2.75) is 31.7 Å². The monoisotopic (exact) mass is 329 g/mol. The van der Waals surface area contributed by atoms with E-state index < -0.39 is 11.0 Å². The van der Waals surface area contributed by atoms with Gasteiger partial charge in [0, 0.05) is 12.6 Å². The molecule has 22 heavy (non-hydrogen) atoms. The van der Waals surface area contributed by atoms with Crippen LogP contribution in [0.2, 0.25) is 5.28 Å². The first kappa shape index (κ1) is 16.2. The van der Waals surface area contributed by atoms with Gasteiger partial charge in [0.05, 0.1) is 4.92 Å². The van der Waals surface area contributed by atoms with Crippen LogP contribution in [-0.2, 0) is 0 Å². The van der Waals surface area contributed by atoms with Gasteiger partial charge in [-0.05, 0) is 43.2 Å². The number of nitrogens with one attached hydrogen (secondary N) is 2. The third-order valence-corrected chi connectivity index (χ3v) is 3.85. The van der Waals surface area contributed by atoms with Crippen LogP contribution in [0.5, 0.6) is 0 Å². The van der Waals surface area contributed by atoms with E-state index in [4.69, 9.17) is 16.7 Å². The number of halogens is 1. The molecule has 1 fully saturated rings. The van der Waals surface area contributed by atoms with E-state index in [1.165, 1.54) is 0 Å². The van der Waals surface area contributed by atoms with E-state index in [1.807, 2.05) is 0 Å². The molecule has 0 aromatic carbocycles. The molecule has 3 N–H and O–H groups in total.